The lowest BCUT2D eigenvalue weighted by Gasteiger charge is -2.50. The number of thiazole rings is 1. The highest BCUT2D eigenvalue weighted by Gasteiger charge is 2.53. The molecule has 5 N–H and O–H groups in total. The molecule has 2 aliphatic rings. The van der Waals surface area contributed by atoms with E-state index in [0.717, 1.165) is 41.9 Å². The summed E-state index contributed by atoms with van der Waals surface area (Å²) in [6.45, 7) is 5.22. The van der Waals surface area contributed by atoms with Crippen LogP contribution in [-0.4, -0.2) is 79.7 Å². The molecule has 1 fully saturated rings. The molecule has 4 heterocycles. The topological polar surface area (TPSA) is 220 Å². The molecule has 3 amide bonds. The zero-order valence-electron chi connectivity index (χ0n) is 25.5. The fourth-order valence-corrected chi connectivity index (χ4v) is 6.52. The number of unbranched alkanes of at least 4 members (excludes halogenated alkanes) is 3. The number of carboxylic acid groups (broad SMARTS) is 2. The fraction of sp³-hybridized carbons (Fsp3) is 0.448. The van der Waals surface area contributed by atoms with Gasteiger partial charge in [-0.2, -0.15) is 0 Å². The van der Waals surface area contributed by atoms with Crippen LogP contribution in [0, 0.1) is 0 Å². The molecular formula is C29H35N7O8S2. The van der Waals surface area contributed by atoms with Gasteiger partial charge < -0.3 is 36.2 Å². The van der Waals surface area contributed by atoms with Crippen LogP contribution in [0.1, 0.15) is 62.5 Å². The number of carboxylic acids is 2. The van der Waals surface area contributed by atoms with E-state index in [0.29, 0.717) is 17.7 Å². The number of carbonyl (C=O) groups is 5. The van der Waals surface area contributed by atoms with Gasteiger partial charge in [-0.25, -0.2) is 14.3 Å². The quantitative estimate of drug-likeness (QED) is 0.0649. The first-order chi connectivity index (χ1) is 21.8. The number of nitrogens with two attached hydrogens (primary N) is 1. The summed E-state index contributed by atoms with van der Waals surface area (Å²) in [6, 6.07) is 2.22. The highest BCUT2D eigenvalue weighted by molar-refractivity contribution is 8.00. The molecule has 0 unspecified atom stereocenters. The smallest absolute Gasteiger partial charge is 0.350 e. The molecule has 0 aromatic carbocycles. The van der Waals surface area contributed by atoms with E-state index in [1.807, 2.05) is 0 Å². The molecule has 246 valence electrons. The number of aromatic nitrogens is 2. The summed E-state index contributed by atoms with van der Waals surface area (Å²) >= 11 is 2.25. The number of aliphatic carboxylic acids is 2. The Balaban J connectivity index is 1.48. The minimum atomic E-state index is -1.78. The van der Waals surface area contributed by atoms with E-state index < -0.39 is 46.5 Å². The van der Waals surface area contributed by atoms with E-state index in [9.17, 15) is 34.2 Å². The molecule has 0 bridgehead atoms. The summed E-state index contributed by atoms with van der Waals surface area (Å²) in [6.07, 6.45) is 7.40. The molecule has 46 heavy (non-hydrogen) atoms. The van der Waals surface area contributed by atoms with Crippen molar-refractivity contribution in [3.8, 4) is 0 Å². The van der Waals surface area contributed by atoms with Crippen LogP contribution in [0.5, 0.6) is 0 Å². The van der Waals surface area contributed by atoms with E-state index in [4.69, 9.17) is 10.6 Å². The molecule has 15 nitrogen and oxygen atoms in total. The second-order valence-corrected chi connectivity index (χ2v) is 13.1. The number of carbonyl (C=O) groups excluding carboxylic acids is 4. The standard InChI is InChI=1S/C29H35N7O8S2/c1-4-5-6-7-10-31-22(37)16-9-8-11-35(12-16)13-17-14-45-25-20(24(39)36(25)21(17)26(40)41)33-23(38)19(18-15-46-28(30)32-18)34-44-29(2,3)27(42)43/h8-9,11-12,15,20,25H,4-7,10,13-14H2,1-3H3,(H5-,30,31,32,33,37,38,40,41,42,43)/b34-19-/t20-,25-/m1/s1. The van der Waals surface area contributed by atoms with Gasteiger partial charge in [-0.3, -0.25) is 19.3 Å². The minimum absolute atomic E-state index is 0.00292. The van der Waals surface area contributed by atoms with Crippen molar-refractivity contribution in [2.45, 2.75) is 70.0 Å². The summed E-state index contributed by atoms with van der Waals surface area (Å²) in [5, 5.41) is 31.6. The normalized spacial score (nSPS) is 18.0. The van der Waals surface area contributed by atoms with E-state index in [1.54, 1.807) is 29.1 Å². The first kappa shape index (κ1) is 34.4. The van der Waals surface area contributed by atoms with Crippen molar-refractivity contribution in [3.05, 3.63) is 52.4 Å². The molecule has 0 saturated carbocycles. The van der Waals surface area contributed by atoms with Crippen LogP contribution in [0.4, 0.5) is 5.13 Å². The van der Waals surface area contributed by atoms with Gasteiger partial charge in [-0.1, -0.05) is 31.3 Å². The molecule has 17 heteroatoms. The second kappa shape index (κ2) is 14.7. The van der Waals surface area contributed by atoms with Crippen molar-refractivity contribution in [2.24, 2.45) is 5.16 Å². The fourth-order valence-electron chi connectivity index (χ4n) is 4.63. The Kier molecular flexibility index (Phi) is 11.0. The summed E-state index contributed by atoms with van der Waals surface area (Å²) < 4.78 is 1.66. The summed E-state index contributed by atoms with van der Waals surface area (Å²) in [5.74, 6) is -4.51. The number of amides is 3. The number of hydrogen-bond donors (Lipinski definition) is 4. The van der Waals surface area contributed by atoms with Crippen LogP contribution in [0.15, 0.2) is 46.3 Å². The third-order valence-electron chi connectivity index (χ3n) is 7.20. The zero-order valence-corrected chi connectivity index (χ0v) is 27.1. The van der Waals surface area contributed by atoms with Gasteiger partial charge in [0.15, 0.2) is 29.8 Å². The van der Waals surface area contributed by atoms with Gasteiger partial charge in [-0.05, 0) is 26.3 Å². The number of thioether (sulfide) groups is 1. The highest BCUT2D eigenvalue weighted by atomic mass is 32.2. The molecule has 2 aromatic rings. The van der Waals surface area contributed by atoms with Crippen molar-refractivity contribution in [1.82, 2.24) is 20.5 Å². The number of hydrogen-bond acceptors (Lipinski definition) is 12. The summed E-state index contributed by atoms with van der Waals surface area (Å²) in [4.78, 5) is 73.1. The number of rotatable bonds is 15. The predicted octanol–water partition coefficient (Wildman–Crippen LogP) is 0.0109. The lowest BCUT2D eigenvalue weighted by Crippen LogP contribution is -2.71. The molecule has 2 atom stereocenters. The number of pyridine rings is 1. The van der Waals surface area contributed by atoms with Gasteiger partial charge in [-0.15, -0.1) is 23.1 Å². The number of nitrogens with zero attached hydrogens (tertiary/aromatic N) is 4. The van der Waals surface area contributed by atoms with Crippen LogP contribution in [0.25, 0.3) is 0 Å². The largest absolute Gasteiger partial charge is 0.543 e. The molecule has 0 aliphatic carbocycles. The first-order valence-corrected chi connectivity index (χ1v) is 16.4. The van der Waals surface area contributed by atoms with Gasteiger partial charge in [0.1, 0.15) is 22.7 Å². The Bertz CT molecular complexity index is 1590. The van der Waals surface area contributed by atoms with Crippen molar-refractivity contribution < 1.29 is 43.6 Å². The van der Waals surface area contributed by atoms with Crippen LogP contribution >= 0.6 is 23.1 Å². The van der Waals surface area contributed by atoms with Crippen LogP contribution in [-0.2, 0) is 30.6 Å². The highest BCUT2D eigenvalue weighted by Crippen LogP contribution is 2.40. The van der Waals surface area contributed by atoms with E-state index in [1.165, 1.54) is 31.0 Å². The molecule has 4 rings (SSSR count). The van der Waals surface area contributed by atoms with Gasteiger partial charge in [0.05, 0.1) is 11.7 Å². The Morgan fingerprint density at radius 1 is 1.28 bits per heavy atom. The van der Waals surface area contributed by atoms with Gasteiger partial charge in [0.25, 0.3) is 17.7 Å². The third kappa shape index (κ3) is 7.82. The second-order valence-electron chi connectivity index (χ2n) is 11.1. The number of β-lactam (4-membered cyclic amide) rings is 1. The van der Waals surface area contributed by atoms with E-state index in [2.05, 4.69) is 27.7 Å². The zero-order chi connectivity index (χ0) is 33.6. The Labute approximate surface area is 272 Å². The molecule has 1 saturated heterocycles. The SMILES string of the molecule is CCCCCCNC(=O)c1ccc[n+](CC2=C(C(=O)[O-])N3C(=O)[C@@H](NC(=O)/C(=N\OC(C)(C)C(=O)O)c4csc(N)n4)[C@H]3SC2)c1. The molecule has 0 radical (unpaired) electrons. The monoisotopic (exact) mass is 673 g/mol. The lowest BCUT2D eigenvalue weighted by atomic mass is 10.0. The maximum atomic E-state index is 13.3. The summed E-state index contributed by atoms with van der Waals surface area (Å²) in [7, 11) is 0. The van der Waals surface area contributed by atoms with E-state index in [-0.39, 0.29) is 34.7 Å². The maximum absolute atomic E-state index is 13.3. The van der Waals surface area contributed by atoms with Gasteiger partial charge in [0.2, 0.25) is 5.60 Å². The van der Waals surface area contributed by atoms with Gasteiger partial charge in [0, 0.05) is 29.3 Å². The van der Waals surface area contributed by atoms with Crippen molar-refractivity contribution in [3.63, 3.8) is 0 Å². The number of oxime groups is 1. The van der Waals surface area contributed by atoms with Crippen molar-refractivity contribution in [2.75, 3.05) is 18.0 Å². The molecular weight excluding hydrogens is 638 g/mol. The third-order valence-corrected chi connectivity index (χ3v) is 9.21. The van der Waals surface area contributed by atoms with Crippen LogP contribution in [0.3, 0.4) is 0 Å². The van der Waals surface area contributed by atoms with Crippen molar-refractivity contribution in [1.29, 1.82) is 0 Å². The molecule has 2 aromatic heterocycles. The summed E-state index contributed by atoms with van der Waals surface area (Å²) in [5.41, 5.74) is 4.01. The van der Waals surface area contributed by atoms with Crippen LogP contribution in [0.2, 0.25) is 0 Å². The maximum Gasteiger partial charge on any atom is 0.350 e. The van der Waals surface area contributed by atoms with Crippen molar-refractivity contribution >= 4 is 63.6 Å². The number of fused-ring (bicyclic) bond motifs is 1. The number of anilines is 1. The number of nitrogens with one attached hydrogen (secondary N) is 2. The molecule has 2 aliphatic heterocycles. The first-order valence-electron chi connectivity index (χ1n) is 14.5. The van der Waals surface area contributed by atoms with Crippen LogP contribution < -0.4 is 26.0 Å². The predicted molar refractivity (Wildman–Crippen MR) is 166 cm³/mol. The lowest BCUT2D eigenvalue weighted by molar-refractivity contribution is -0.689. The Morgan fingerprint density at radius 2 is 2.04 bits per heavy atom. The average Bonchev–Trinajstić information content (AvgIpc) is 3.44. The van der Waals surface area contributed by atoms with E-state index >= 15 is 0 Å². The molecule has 0 spiro atoms. The number of nitrogen functional groups attached to an aromatic ring is 1. The Morgan fingerprint density at radius 3 is 2.70 bits per heavy atom. The average molecular weight is 674 g/mol. The Hall–Kier alpha value is -4.51. The minimum Gasteiger partial charge on any atom is -0.543 e. The van der Waals surface area contributed by atoms with Gasteiger partial charge >= 0.3 is 5.97 Å².